The van der Waals surface area contributed by atoms with Gasteiger partial charge >= 0.3 is 18.3 Å². The molecule has 0 heterocycles. The van der Waals surface area contributed by atoms with Crippen molar-refractivity contribution in [2.75, 3.05) is 59.4 Å². The number of fused-ring (bicyclic) bond motifs is 3. The van der Waals surface area contributed by atoms with E-state index in [1.165, 1.54) is 6.08 Å². The largest absolute Gasteiger partial charge is 0.461 e. The van der Waals surface area contributed by atoms with Gasteiger partial charge in [0.2, 0.25) is 11.7 Å². The summed E-state index contributed by atoms with van der Waals surface area (Å²) >= 11 is 0. The van der Waals surface area contributed by atoms with Gasteiger partial charge in [-0.25, -0.2) is 4.79 Å². The quantitative estimate of drug-likeness (QED) is 0.0492. The number of benzene rings is 2. The molecule has 1 aliphatic carbocycles. The number of amides is 2. The fourth-order valence-electron chi connectivity index (χ4n) is 4.76. The van der Waals surface area contributed by atoms with E-state index in [-0.39, 0.29) is 70.7 Å². The Morgan fingerprint density at radius 1 is 0.848 bits per heavy atom. The molecule has 2 amide bonds. The predicted octanol–water partition coefficient (Wildman–Crippen LogP) is 2.83. The van der Waals surface area contributed by atoms with Gasteiger partial charge in [0.25, 0.3) is 0 Å². The molecule has 0 aromatic heterocycles. The van der Waals surface area contributed by atoms with Crippen LogP contribution < -0.4 is 10.6 Å². The van der Waals surface area contributed by atoms with Gasteiger partial charge < -0.3 is 39.8 Å². The third-order valence-electron chi connectivity index (χ3n) is 6.94. The van der Waals surface area contributed by atoms with Gasteiger partial charge in [-0.1, -0.05) is 61.2 Å². The summed E-state index contributed by atoms with van der Waals surface area (Å²) in [5.74, 6) is -1.54. The van der Waals surface area contributed by atoms with Crippen LogP contribution in [0, 0.1) is 0 Å². The third-order valence-corrected chi connectivity index (χ3v) is 6.94. The van der Waals surface area contributed by atoms with E-state index in [0.29, 0.717) is 19.8 Å². The number of carbonyl (C=O) groups excluding carboxylic acids is 4. The molecular formula is C33H40N4O9. The molecule has 2 aromatic carbocycles. The number of ketones is 1. The summed E-state index contributed by atoms with van der Waals surface area (Å²) in [5.41, 5.74) is 12.9. The second-order valence-corrected chi connectivity index (χ2v) is 10.1. The fraction of sp³-hybridized carbons (Fsp3) is 0.424. The van der Waals surface area contributed by atoms with Crippen LogP contribution in [0.1, 0.15) is 36.3 Å². The Bertz CT molecular complexity index is 1330. The Morgan fingerprint density at radius 3 is 2.09 bits per heavy atom. The molecule has 0 unspecified atom stereocenters. The number of nitrogens with zero attached hydrogens (tertiary/aromatic N) is 2. The lowest BCUT2D eigenvalue weighted by molar-refractivity contribution is -0.143. The zero-order valence-electron chi connectivity index (χ0n) is 25.7. The van der Waals surface area contributed by atoms with E-state index in [4.69, 9.17) is 29.2 Å². The van der Waals surface area contributed by atoms with Crippen LogP contribution in [-0.4, -0.2) is 100 Å². The zero-order chi connectivity index (χ0) is 33.0. The van der Waals surface area contributed by atoms with E-state index >= 15 is 0 Å². The van der Waals surface area contributed by atoms with E-state index in [2.05, 4.69) is 22.0 Å². The van der Waals surface area contributed by atoms with Crippen LogP contribution in [0.2, 0.25) is 0 Å². The fourth-order valence-corrected chi connectivity index (χ4v) is 4.76. The van der Waals surface area contributed by atoms with Gasteiger partial charge in [-0.05, 0) is 28.7 Å². The number of ether oxygens (including phenoxy) is 5. The Balaban J connectivity index is 1.36. The maximum Gasteiger partial charge on any atom is 0.407 e. The smallest absolute Gasteiger partial charge is 0.407 e. The van der Waals surface area contributed by atoms with Crippen molar-refractivity contribution in [1.29, 1.82) is 0 Å². The molecule has 46 heavy (non-hydrogen) atoms. The normalized spacial score (nSPS) is 12.2. The van der Waals surface area contributed by atoms with Crippen molar-refractivity contribution in [2.24, 2.45) is 0 Å². The minimum atomic E-state index is -1.07. The molecule has 13 nitrogen and oxygen atoms in total. The lowest BCUT2D eigenvalue weighted by atomic mass is 9.98. The highest BCUT2D eigenvalue weighted by atomic mass is 16.6. The maximum absolute atomic E-state index is 12.9. The predicted molar refractivity (Wildman–Crippen MR) is 167 cm³/mol. The number of hydrogen-bond acceptors (Lipinski definition) is 9. The molecule has 0 saturated carbocycles. The molecule has 0 radical (unpaired) electrons. The molecule has 246 valence electrons. The molecule has 0 bridgehead atoms. The lowest BCUT2D eigenvalue weighted by Gasteiger charge is -2.19. The topological polar surface area (TPSA) is 175 Å². The number of alkyl carbamates (subject to hydrolysis) is 1. The molecule has 0 spiro atoms. The van der Waals surface area contributed by atoms with Gasteiger partial charge in [-0.15, -0.1) is 0 Å². The van der Waals surface area contributed by atoms with Crippen LogP contribution in [0.3, 0.4) is 0 Å². The van der Waals surface area contributed by atoms with Crippen LogP contribution in [0.25, 0.3) is 16.7 Å². The minimum Gasteiger partial charge on any atom is -0.461 e. The first-order valence-electron chi connectivity index (χ1n) is 15.0. The van der Waals surface area contributed by atoms with Crippen LogP contribution in [-0.2, 0) is 38.1 Å². The van der Waals surface area contributed by atoms with Gasteiger partial charge in [-0.2, -0.15) is 4.79 Å². The highest BCUT2D eigenvalue weighted by molar-refractivity contribution is 6.25. The van der Waals surface area contributed by atoms with Crippen molar-refractivity contribution in [2.45, 2.75) is 31.2 Å². The molecule has 2 N–H and O–H groups in total. The number of Topliss-reactive ketones (excluding diaryl/α,β-unsaturated/α-hetero) is 1. The molecule has 0 aliphatic heterocycles. The van der Waals surface area contributed by atoms with E-state index in [9.17, 15) is 19.2 Å². The van der Waals surface area contributed by atoms with Crippen LogP contribution in [0.4, 0.5) is 4.79 Å². The molecule has 0 saturated heterocycles. The number of hydrogen-bond donors (Lipinski definition) is 2. The molecule has 13 heteroatoms. The Labute approximate surface area is 267 Å². The monoisotopic (exact) mass is 636 g/mol. The molecule has 1 aliphatic rings. The number of esters is 1. The van der Waals surface area contributed by atoms with Crippen molar-refractivity contribution in [1.82, 2.24) is 10.6 Å². The Hall–Kier alpha value is -4.68. The summed E-state index contributed by atoms with van der Waals surface area (Å²) < 4.78 is 26.6. The van der Waals surface area contributed by atoms with E-state index in [1.807, 2.05) is 48.5 Å². The highest BCUT2D eigenvalue weighted by Gasteiger charge is 2.30. The van der Waals surface area contributed by atoms with Gasteiger partial charge in [0.1, 0.15) is 19.3 Å². The molecule has 2 aromatic rings. The van der Waals surface area contributed by atoms with Crippen LogP contribution in [0.15, 0.2) is 61.2 Å². The first-order valence-corrected chi connectivity index (χ1v) is 15.0. The maximum atomic E-state index is 12.9. The Morgan fingerprint density at radius 2 is 1.46 bits per heavy atom. The van der Waals surface area contributed by atoms with Crippen LogP contribution >= 0.6 is 0 Å². The van der Waals surface area contributed by atoms with Crippen LogP contribution in [0.5, 0.6) is 0 Å². The van der Waals surface area contributed by atoms with Crippen molar-refractivity contribution in [3.8, 4) is 11.1 Å². The van der Waals surface area contributed by atoms with Gasteiger partial charge in [0, 0.05) is 18.9 Å². The number of rotatable bonds is 22. The van der Waals surface area contributed by atoms with E-state index in [1.54, 1.807) is 0 Å². The van der Waals surface area contributed by atoms with E-state index in [0.717, 1.165) is 28.5 Å². The summed E-state index contributed by atoms with van der Waals surface area (Å²) in [4.78, 5) is 51.6. The first-order chi connectivity index (χ1) is 22.4. The molecular weight excluding hydrogens is 596 g/mol. The van der Waals surface area contributed by atoms with Crippen molar-refractivity contribution in [3.63, 3.8) is 0 Å². The second kappa shape index (κ2) is 20.4. The van der Waals surface area contributed by atoms with Gasteiger partial charge in [0.15, 0.2) is 0 Å². The lowest BCUT2D eigenvalue weighted by Crippen LogP contribution is -2.48. The van der Waals surface area contributed by atoms with Crippen molar-refractivity contribution < 1.29 is 47.7 Å². The third kappa shape index (κ3) is 12.0. The average Bonchev–Trinajstić information content (AvgIpc) is 3.38. The standard InChI is InChI=1S/C33H40N4O9/c1-2-15-45-31(39)13-16-42-18-20-44-21-19-43-17-14-35-32(40)30(12-11-24(38)22-36-34)37-33(41)46-23-29-27-9-5-3-7-25(27)26-8-4-6-10-28(26)29/h2-10,22,29-30H,1,11-21,23H2,(H,35,40)(H,37,41)/t30-/m0/s1. The summed E-state index contributed by atoms with van der Waals surface area (Å²) in [6, 6.07) is 14.8. The summed E-state index contributed by atoms with van der Waals surface area (Å²) in [7, 11) is 0. The molecule has 1 atom stereocenters. The second-order valence-electron chi connectivity index (χ2n) is 10.1. The summed E-state index contributed by atoms with van der Waals surface area (Å²) in [6.07, 6.45) is 1.42. The van der Waals surface area contributed by atoms with Gasteiger partial charge in [0.05, 0.1) is 46.1 Å². The van der Waals surface area contributed by atoms with Crippen molar-refractivity contribution >= 4 is 30.0 Å². The molecule has 3 rings (SSSR count). The summed E-state index contributed by atoms with van der Waals surface area (Å²) in [6.45, 7) is 5.50. The number of nitrogens with one attached hydrogen (secondary N) is 2. The average molecular weight is 637 g/mol. The van der Waals surface area contributed by atoms with Crippen molar-refractivity contribution in [3.05, 3.63) is 77.8 Å². The summed E-state index contributed by atoms with van der Waals surface area (Å²) in [5, 5.41) is 5.24. The molecule has 0 fully saturated rings. The highest BCUT2D eigenvalue weighted by Crippen LogP contribution is 2.44. The number of carbonyl (C=O) groups is 4. The van der Waals surface area contributed by atoms with Gasteiger partial charge in [-0.3, -0.25) is 14.4 Å². The zero-order valence-corrected chi connectivity index (χ0v) is 25.7. The SMILES string of the molecule is C=CCOC(=O)CCOCCOCCOCCNC(=O)[C@H](CCC(=O)C=[N+]=[N-])NC(=O)OCC1c2ccccc2-c2ccccc21. The minimum absolute atomic E-state index is 0.0341. The Kier molecular flexibility index (Phi) is 15.9. The van der Waals surface area contributed by atoms with E-state index < -0.39 is 23.8 Å². The first kappa shape index (κ1) is 35.8.